The number of para-hydroxylation sites is 1. The molecule has 0 radical (unpaired) electrons. The Morgan fingerprint density at radius 1 is 1.09 bits per heavy atom. The number of nitrogens with one attached hydrogen (secondary N) is 2. The molecule has 0 saturated heterocycles. The molecule has 9 nitrogen and oxygen atoms in total. The molecule has 2 N–H and O–H groups in total. The van der Waals surface area contributed by atoms with E-state index in [0.717, 1.165) is 17.0 Å². The van der Waals surface area contributed by atoms with Gasteiger partial charge in [-0.25, -0.2) is 14.6 Å². The zero-order valence-corrected chi connectivity index (χ0v) is 18.0. The fraction of sp³-hybridized carbons (Fsp3) is 0.261. The van der Waals surface area contributed by atoms with E-state index in [-0.39, 0.29) is 11.6 Å². The molecule has 0 spiro atoms. The van der Waals surface area contributed by atoms with Crippen LogP contribution >= 0.6 is 0 Å². The van der Waals surface area contributed by atoms with E-state index in [1.54, 1.807) is 55.8 Å². The van der Waals surface area contributed by atoms with Gasteiger partial charge < -0.3 is 29.4 Å². The molecule has 166 valence electrons. The number of aromatic amines is 1. The van der Waals surface area contributed by atoms with Crippen LogP contribution in [0.1, 0.15) is 33.4 Å². The van der Waals surface area contributed by atoms with Crippen molar-refractivity contribution < 1.29 is 23.8 Å². The number of imidazole rings is 1. The first-order chi connectivity index (χ1) is 15.6. The van der Waals surface area contributed by atoms with Gasteiger partial charge in [-0.15, -0.1) is 0 Å². The fourth-order valence-electron chi connectivity index (χ4n) is 3.92. The summed E-state index contributed by atoms with van der Waals surface area (Å²) in [6, 6.07) is 11.5. The summed E-state index contributed by atoms with van der Waals surface area (Å²) in [5, 5.41) is 2.86. The second-order valence-corrected chi connectivity index (χ2v) is 7.19. The van der Waals surface area contributed by atoms with Crippen LogP contribution in [-0.4, -0.2) is 54.7 Å². The lowest BCUT2D eigenvalue weighted by atomic mass is 9.95. The molecule has 0 bridgehead atoms. The van der Waals surface area contributed by atoms with E-state index >= 15 is 0 Å². The number of benzene rings is 2. The summed E-state index contributed by atoms with van der Waals surface area (Å²) in [7, 11) is 4.44. The van der Waals surface area contributed by atoms with Gasteiger partial charge in [0.05, 0.1) is 44.6 Å². The van der Waals surface area contributed by atoms with E-state index in [0.29, 0.717) is 30.2 Å². The first kappa shape index (κ1) is 21.2. The molecule has 2 aromatic carbocycles. The predicted octanol–water partition coefficient (Wildman–Crippen LogP) is 3.39. The minimum atomic E-state index is -0.523. The first-order valence-electron chi connectivity index (χ1n) is 10.1. The molecule has 3 aromatic rings. The monoisotopic (exact) mass is 436 g/mol. The molecule has 9 heteroatoms. The number of hydrogen-bond donors (Lipinski definition) is 2. The Morgan fingerprint density at radius 3 is 2.62 bits per heavy atom. The van der Waals surface area contributed by atoms with Crippen molar-refractivity contribution in [2.75, 3.05) is 33.2 Å². The van der Waals surface area contributed by atoms with Crippen molar-refractivity contribution in [2.24, 2.45) is 0 Å². The molecular weight excluding hydrogens is 412 g/mol. The number of carbonyl (C=O) groups is 2. The third kappa shape index (κ3) is 3.84. The highest BCUT2D eigenvalue weighted by Crippen LogP contribution is 2.38. The summed E-state index contributed by atoms with van der Waals surface area (Å²) < 4.78 is 15.6. The van der Waals surface area contributed by atoms with E-state index < -0.39 is 12.0 Å². The minimum absolute atomic E-state index is 0.281. The lowest BCUT2D eigenvalue weighted by molar-refractivity contribution is 0.0602. The molecule has 0 aliphatic carbocycles. The van der Waals surface area contributed by atoms with Crippen LogP contribution < -0.4 is 14.8 Å². The van der Waals surface area contributed by atoms with Crippen molar-refractivity contribution in [1.82, 2.24) is 14.9 Å². The predicted molar refractivity (Wildman–Crippen MR) is 117 cm³/mol. The quantitative estimate of drug-likeness (QED) is 0.594. The summed E-state index contributed by atoms with van der Waals surface area (Å²) in [5.74, 6) is 0.631. The van der Waals surface area contributed by atoms with E-state index in [1.165, 1.54) is 7.11 Å². The lowest BCUT2D eigenvalue weighted by Gasteiger charge is -2.35. The Bertz CT molecular complexity index is 1140. The van der Waals surface area contributed by atoms with Crippen molar-refractivity contribution in [3.63, 3.8) is 0 Å². The van der Waals surface area contributed by atoms with E-state index in [9.17, 15) is 9.59 Å². The van der Waals surface area contributed by atoms with Crippen LogP contribution in [-0.2, 0) is 11.2 Å². The van der Waals surface area contributed by atoms with Gasteiger partial charge in [-0.3, -0.25) is 0 Å². The van der Waals surface area contributed by atoms with Crippen LogP contribution in [0.15, 0.2) is 48.8 Å². The molecule has 1 aromatic heterocycles. The second kappa shape index (κ2) is 9.01. The smallest absolute Gasteiger partial charge is 0.339 e. The van der Waals surface area contributed by atoms with Gasteiger partial charge in [0.15, 0.2) is 11.5 Å². The van der Waals surface area contributed by atoms with Crippen LogP contribution in [0.25, 0.3) is 0 Å². The van der Waals surface area contributed by atoms with Gasteiger partial charge in [-0.05, 0) is 29.8 Å². The summed E-state index contributed by atoms with van der Waals surface area (Å²) in [5.41, 5.74) is 3.22. The number of urea groups is 1. The molecular formula is C23H24N4O5. The van der Waals surface area contributed by atoms with Crippen LogP contribution in [0.3, 0.4) is 0 Å². The van der Waals surface area contributed by atoms with Gasteiger partial charge in [0.1, 0.15) is 6.04 Å². The summed E-state index contributed by atoms with van der Waals surface area (Å²) in [4.78, 5) is 34.8. The van der Waals surface area contributed by atoms with Gasteiger partial charge in [0.25, 0.3) is 0 Å². The van der Waals surface area contributed by atoms with E-state index in [4.69, 9.17) is 14.2 Å². The Balaban J connectivity index is 1.71. The zero-order chi connectivity index (χ0) is 22.7. The highest BCUT2D eigenvalue weighted by molar-refractivity contribution is 6.01. The molecule has 32 heavy (non-hydrogen) atoms. The standard InChI is InChI=1S/C23H24N4O5/c1-30-18-9-8-14(12-19(18)31-2)21-20-17(24-13-25-20)10-11-27(21)23(29)26-16-7-5-4-6-15(16)22(28)32-3/h4-9,12-13,21H,10-11H2,1-3H3,(H,24,25)(H,26,29)/t21-/m1/s1. The highest BCUT2D eigenvalue weighted by Gasteiger charge is 2.35. The number of aromatic nitrogens is 2. The Labute approximate surface area is 185 Å². The third-order valence-electron chi connectivity index (χ3n) is 5.48. The van der Waals surface area contributed by atoms with E-state index in [2.05, 4.69) is 15.3 Å². The van der Waals surface area contributed by atoms with Crippen LogP contribution in [0, 0.1) is 0 Å². The number of fused-ring (bicyclic) bond motifs is 1. The number of anilines is 1. The lowest BCUT2D eigenvalue weighted by Crippen LogP contribution is -2.43. The van der Waals surface area contributed by atoms with Crippen LogP contribution in [0.2, 0.25) is 0 Å². The average molecular weight is 436 g/mol. The molecule has 0 fully saturated rings. The summed E-state index contributed by atoms with van der Waals surface area (Å²) in [6.07, 6.45) is 2.26. The van der Waals surface area contributed by atoms with Gasteiger partial charge in [-0.2, -0.15) is 0 Å². The van der Waals surface area contributed by atoms with Crippen molar-refractivity contribution in [1.29, 1.82) is 0 Å². The molecule has 2 amide bonds. The first-order valence-corrected chi connectivity index (χ1v) is 10.1. The number of nitrogens with zero attached hydrogens (tertiary/aromatic N) is 2. The van der Waals surface area contributed by atoms with Gasteiger partial charge in [0, 0.05) is 18.7 Å². The topological polar surface area (TPSA) is 106 Å². The molecule has 4 rings (SSSR count). The van der Waals surface area contributed by atoms with Crippen molar-refractivity contribution in [2.45, 2.75) is 12.5 Å². The molecule has 1 aliphatic heterocycles. The Hall–Kier alpha value is -4.01. The molecule has 2 heterocycles. The number of amides is 2. The van der Waals surface area contributed by atoms with Crippen LogP contribution in [0.4, 0.5) is 10.5 Å². The SMILES string of the molecule is COC(=O)c1ccccc1NC(=O)N1CCc2[nH]cnc2[C@H]1c1ccc(OC)c(OC)c1. The molecule has 1 aliphatic rings. The minimum Gasteiger partial charge on any atom is -0.493 e. The molecule has 0 unspecified atom stereocenters. The number of ether oxygens (including phenoxy) is 3. The maximum atomic E-state index is 13.4. The van der Waals surface area contributed by atoms with E-state index in [1.807, 2.05) is 12.1 Å². The number of hydrogen-bond acceptors (Lipinski definition) is 6. The highest BCUT2D eigenvalue weighted by atomic mass is 16.5. The largest absolute Gasteiger partial charge is 0.493 e. The molecule has 0 saturated carbocycles. The van der Waals surface area contributed by atoms with Crippen LogP contribution in [0.5, 0.6) is 11.5 Å². The normalized spacial score (nSPS) is 15.0. The number of methoxy groups -OCH3 is 3. The van der Waals surface area contributed by atoms with Crippen molar-refractivity contribution in [3.8, 4) is 11.5 Å². The van der Waals surface area contributed by atoms with Gasteiger partial charge in [0.2, 0.25) is 0 Å². The van der Waals surface area contributed by atoms with Gasteiger partial charge >= 0.3 is 12.0 Å². The third-order valence-corrected chi connectivity index (χ3v) is 5.48. The fourth-order valence-corrected chi connectivity index (χ4v) is 3.92. The Morgan fingerprint density at radius 2 is 1.88 bits per heavy atom. The van der Waals surface area contributed by atoms with Crippen molar-refractivity contribution in [3.05, 3.63) is 71.3 Å². The maximum absolute atomic E-state index is 13.4. The summed E-state index contributed by atoms with van der Waals surface area (Å²) in [6.45, 7) is 0.459. The Kier molecular flexibility index (Phi) is 5.98. The number of rotatable bonds is 5. The summed E-state index contributed by atoms with van der Waals surface area (Å²) >= 11 is 0. The molecule has 1 atom stereocenters. The number of H-pyrrole nitrogens is 1. The second-order valence-electron chi connectivity index (χ2n) is 7.19. The number of carbonyl (C=O) groups excluding carboxylic acids is 2. The zero-order valence-electron chi connectivity index (χ0n) is 18.0. The average Bonchev–Trinajstić information content (AvgIpc) is 3.31. The maximum Gasteiger partial charge on any atom is 0.339 e. The van der Waals surface area contributed by atoms with Gasteiger partial charge in [-0.1, -0.05) is 18.2 Å². The number of esters is 1. The van der Waals surface area contributed by atoms with Crippen molar-refractivity contribution >= 4 is 17.7 Å².